The van der Waals surface area contributed by atoms with Crippen LogP contribution in [0.2, 0.25) is 0 Å². The molecular weight excluding hydrogens is 252 g/mol. The van der Waals surface area contributed by atoms with E-state index < -0.39 is 30.7 Å². The van der Waals surface area contributed by atoms with Crippen LogP contribution in [0.3, 0.4) is 0 Å². The first kappa shape index (κ1) is 18.0. The molecule has 0 saturated heterocycles. The fourth-order valence-corrected chi connectivity index (χ4v) is 1.20. The summed E-state index contributed by atoms with van der Waals surface area (Å²) in [5.41, 5.74) is 0.525. The van der Waals surface area contributed by atoms with Gasteiger partial charge in [-0.25, -0.2) is 0 Å². The highest BCUT2D eigenvalue weighted by Crippen LogP contribution is 2.06. The third kappa shape index (κ3) is 7.22. The molecule has 0 fully saturated rings. The van der Waals surface area contributed by atoms with Gasteiger partial charge >= 0.3 is 0 Å². The van der Waals surface area contributed by atoms with Crippen LogP contribution in [0.15, 0.2) is 30.3 Å². The maximum Gasteiger partial charge on any atom is 0.178 e. The Hall–Kier alpha value is -1.02. The van der Waals surface area contributed by atoms with Crippen LogP contribution in [-0.4, -0.2) is 55.1 Å². The van der Waals surface area contributed by atoms with Crippen LogP contribution in [-0.2, 0) is 0 Å². The smallest absolute Gasteiger partial charge is 0.178 e. The lowest BCUT2D eigenvalue weighted by Gasteiger charge is -2.21. The van der Waals surface area contributed by atoms with E-state index in [2.05, 4.69) is 0 Å². The standard InChI is InChI=1S/C7H8O2.C6H14O4/c8-7(9)6-4-2-1-3-5-6;1-3(7)5(9)6(10)4(2)8/h1-5,7-9H;3-10H,1-2H3. The summed E-state index contributed by atoms with van der Waals surface area (Å²) in [7, 11) is 0. The molecule has 1 aromatic rings. The maximum atomic E-state index is 8.91. The molecule has 0 amide bonds. The molecule has 1 aromatic carbocycles. The molecule has 0 aliphatic carbocycles. The summed E-state index contributed by atoms with van der Waals surface area (Å²) < 4.78 is 0. The highest BCUT2D eigenvalue weighted by Gasteiger charge is 2.24. The lowest BCUT2D eigenvalue weighted by atomic mass is 10.1. The minimum atomic E-state index is -1.34. The largest absolute Gasteiger partial charge is 0.391 e. The second kappa shape index (κ2) is 8.98. The van der Waals surface area contributed by atoms with Crippen LogP contribution in [0.1, 0.15) is 25.7 Å². The Morgan fingerprint density at radius 3 is 1.26 bits per heavy atom. The van der Waals surface area contributed by atoms with E-state index in [1.165, 1.54) is 13.8 Å². The molecule has 0 bridgehead atoms. The van der Waals surface area contributed by atoms with Crippen molar-refractivity contribution in [3.05, 3.63) is 35.9 Å². The van der Waals surface area contributed by atoms with Gasteiger partial charge in [-0.3, -0.25) is 0 Å². The second-order valence-electron chi connectivity index (χ2n) is 4.25. The third-order valence-electron chi connectivity index (χ3n) is 2.44. The summed E-state index contributed by atoms with van der Waals surface area (Å²) in [6, 6.07) is 8.66. The highest BCUT2D eigenvalue weighted by molar-refractivity contribution is 5.15. The van der Waals surface area contributed by atoms with E-state index >= 15 is 0 Å². The summed E-state index contributed by atoms with van der Waals surface area (Å²) in [6.07, 6.45) is -5.94. The van der Waals surface area contributed by atoms with E-state index in [1.54, 1.807) is 24.3 Å². The van der Waals surface area contributed by atoms with Gasteiger partial charge in [0.25, 0.3) is 0 Å². The number of rotatable bonds is 4. The molecule has 19 heavy (non-hydrogen) atoms. The second-order valence-corrected chi connectivity index (χ2v) is 4.25. The monoisotopic (exact) mass is 274 g/mol. The molecule has 0 aromatic heterocycles. The number of aliphatic hydroxyl groups excluding tert-OH is 5. The van der Waals surface area contributed by atoms with Crippen LogP contribution in [0, 0.1) is 0 Å². The van der Waals surface area contributed by atoms with Gasteiger partial charge in [0.15, 0.2) is 6.29 Å². The van der Waals surface area contributed by atoms with Crippen LogP contribution in [0.4, 0.5) is 0 Å². The number of hydrogen-bond donors (Lipinski definition) is 6. The van der Waals surface area contributed by atoms with E-state index in [4.69, 9.17) is 30.6 Å². The number of benzene rings is 1. The number of hydrogen-bond acceptors (Lipinski definition) is 6. The highest BCUT2D eigenvalue weighted by atomic mass is 16.5. The molecule has 6 nitrogen and oxygen atoms in total. The topological polar surface area (TPSA) is 121 Å². The Morgan fingerprint density at radius 2 is 1.05 bits per heavy atom. The van der Waals surface area contributed by atoms with Crippen LogP contribution >= 0.6 is 0 Å². The summed E-state index contributed by atoms with van der Waals surface area (Å²) in [4.78, 5) is 0. The average Bonchev–Trinajstić information content (AvgIpc) is 2.38. The van der Waals surface area contributed by atoms with E-state index in [0.717, 1.165) is 0 Å². The first-order valence-electron chi connectivity index (χ1n) is 5.90. The van der Waals surface area contributed by atoms with E-state index in [-0.39, 0.29) is 0 Å². The zero-order chi connectivity index (χ0) is 15.0. The van der Waals surface area contributed by atoms with Gasteiger partial charge in [-0.15, -0.1) is 0 Å². The molecule has 4 atom stereocenters. The zero-order valence-corrected chi connectivity index (χ0v) is 11.0. The van der Waals surface area contributed by atoms with E-state index in [1.807, 2.05) is 6.07 Å². The fraction of sp³-hybridized carbons (Fsp3) is 0.538. The van der Waals surface area contributed by atoms with Gasteiger partial charge in [0.2, 0.25) is 0 Å². The Labute approximate surface area is 112 Å². The summed E-state index contributed by atoms with van der Waals surface area (Å²) in [5.74, 6) is 0. The molecule has 0 radical (unpaired) electrons. The normalized spacial score (nSPS) is 17.1. The van der Waals surface area contributed by atoms with Gasteiger partial charge < -0.3 is 30.6 Å². The predicted molar refractivity (Wildman–Crippen MR) is 69.0 cm³/mol. The molecule has 1 rings (SSSR count). The number of aliphatic hydroxyl groups is 6. The minimum absolute atomic E-state index is 0.525. The van der Waals surface area contributed by atoms with Crippen molar-refractivity contribution in [2.75, 3.05) is 0 Å². The van der Waals surface area contributed by atoms with Gasteiger partial charge in [0, 0.05) is 5.56 Å². The first-order chi connectivity index (χ1) is 8.77. The van der Waals surface area contributed by atoms with Gasteiger partial charge in [0.05, 0.1) is 12.2 Å². The van der Waals surface area contributed by atoms with Crippen LogP contribution in [0.25, 0.3) is 0 Å². The van der Waals surface area contributed by atoms with Gasteiger partial charge in [-0.1, -0.05) is 30.3 Å². The molecule has 0 saturated carbocycles. The summed E-state index contributed by atoms with van der Waals surface area (Å²) in [5, 5.41) is 52.4. The van der Waals surface area contributed by atoms with Crippen LogP contribution in [0.5, 0.6) is 0 Å². The average molecular weight is 274 g/mol. The molecule has 0 spiro atoms. The molecule has 0 heterocycles. The Bertz CT molecular complexity index is 313. The Kier molecular flexibility index (Phi) is 8.49. The van der Waals surface area contributed by atoms with Crippen molar-refractivity contribution in [2.45, 2.75) is 44.6 Å². The van der Waals surface area contributed by atoms with Crippen molar-refractivity contribution in [1.82, 2.24) is 0 Å². The van der Waals surface area contributed by atoms with E-state index in [0.29, 0.717) is 5.56 Å². The van der Waals surface area contributed by atoms with Gasteiger partial charge in [0.1, 0.15) is 12.2 Å². The van der Waals surface area contributed by atoms with Crippen molar-refractivity contribution in [2.24, 2.45) is 0 Å². The summed E-state index contributed by atoms with van der Waals surface area (Å²) in [6.45, 7) is 2.69. The van der Waals surface area contributed by atoms with Crippen molar-refractivity contribution in [3.63, 3.8) is 0 Å². The first-order valence-corrected chi connectivity index (χ1v) is 5.90. The molecule has 110 valence electrons. The minimum Gasteiger partial charge on any atom is -0.391 e. The maximum absolute atomic E-state index is 8.91. The van der Waals surface area contributed by atoms with Crippen molar-refractivity contribution in [1.29, 1.82) is 0 Å². The molecule has 4 unspecified atom stereocenters. The van der Waals surface area contributed by atoms with Gasteiger partial charge in [-0.05, 0) is 13.8 Å². The lowest BCUT2D eigenvalue weighted by Crippen LogP contribution is -2.41. The van der Waals surface area contributed by atoms with Crippen molar-refractivity contribution in [3.8, 4) is 0 Å². The molecule has 0 aliphatic heterocycles. The van der Waals surface area contributed by atoms with E-state index in [9.17, 15) is 0 Å². The zero-order valence-electron chi connectivity index (χ0n) is 11.0. The van der Waals surface area contributed by atoms with Crippen LogP contribution < -0.4 is 0 Å². The molecule has 6 heteroatoms. The van der Waals surface area contributed by atoms with Crippen molar-refractivity contribution >= 4 is 0 Å². The Morgan fingerprint density at radius 1 is 0.684 bits per heavy atom. The summed E-state index contributed by atoms with van der Waals surface area (Å²) >= 11 is 0. The fourth-order valence-electron chi connectivity index (χ4n) is 1.20. The lowest BCUT2D eigenvalue weighted by molar-refractivity contribution is -0.0947. The SMILES string of the molecule is CC(O)C(O)C(O)C(C)O.OC(O)c1ccccc1. The molecule has 6 N–H and O–H groups in total. The molecule has 0 aliphatic rings. The molecular formula is C13H22O6. The van der Waals surface area contributed by atoms with Gasteiger partial charge in [-0.2, -0.15) is 0 Å². The Balaban J connectivity index is 0.000000342. The quantitative estimate of drug-likeness (QED) is 0.397. The predicted octanol–water partition coefficient (Wildman–Crippen LogP) is -0.860. The van der Waals surface area contributed by atoms with Crippen molar-refractivity contribution < 1.29 is 30.6 Å². The third-order valence-corrected chi connectivity index (χ3v) is 2.44.